The molecule has 0 radical (unpaired) electrons. The van der Waals surface area contributed by atoms with Crippen LogP contribution in [0.3, 0.4) is 0 Å². The number of benzene rings is 1. The Morgan fingerprint density at radius 3 is 2.06 bits per heavy atom. The maximum absolute atomic E-state index is 6.00. The van der Waals surface area contributed by atoms with Gasteiger partial charge >= 0.3 is 0 Å². The summed E-state index contributed by atoms with van der Waals surface area (Å²) >= 11 is 0. The van der Waals surface area contributed by atoms with Crippen molar-refractivity contribution in [3.8, 4) is 5.75 Å². The van der Waals surface area contributed by atoms with E-state index in [1.165, 1.54) is 0 Å². The number of rotatable bonds is 7. The molecule has 17 heavy (non-hydrogen) atoms. The van der Waals surface area contributed by atoms with E-state index >= 15 is 0 Å². The first kappa shape index (κ1) is 14.3. The van der Waals surface area contributed by atoms with Crippen LogP contribution in [-0.2, 0) is 4.43 Å². The van der Waals surface area contributed by atoms with Crippen LogP contribution in [0.25, 0.3) is 0 Å². The second-order valence-corrected chi connectivity index (χ2v) is 8.91. The highest BCUT2D eigenvalue weighted by atomic mass is 28.3. The molecule has 0 saturated carbocycles. The van der Waals surface area contributed by atoms with E-state index in [2.05, 4.69) is 27.7 Å². The molecule has 0 N–H and O–H groups in total. The Hall–Kier alpha value is -0.803. The predicted molar refractivity (Wildman–Crippen MR) is 75.2 cm³/mol. The van der Waals surface area contributed by atoms with Crippen LogP contribution in [0, 0.1) is 0 Å². The standard InChI is InChI=1S/C14H24O2Si/c1-12(2)17(13(3)4)16-11-10-15-14-8-6-5-7-9-14/h5-9,12-13,17H,10-11H2,1-4H3. The summed E-state index contributed by atoms with van der Waals surface area (Å²) in [4.78, 5) is 0. The maximum Gasteiger partial charge on any atom is 0.182 e. The molecule has 1 rings (SSSR count). The minimum absolute atomic E-state index is 0.646. The normalized spacial score (nSPS) is 11.5. The summed E-state index contributed by atoms with van der Waals surface area (Å²) < 4.78 is 11.6. The molecule has 0 fully saturated rings. The van der Waals surface area contributed by atoms with E-state index in [1.807, 2.05) is 30.3 Å². The third-order valence-corrected chi connectivity index (χ3v) is 5.97. The van der Waals surface area contributed by atoms with Gasteiger partial charge in [-0.25, -0.2) is 0 Å². The molecule has 1 aromatic rings. The van der Waals surface area contributed by atoms with Gasteiger partial charge in [-0.15, -0.1) is 0 Å². The van der Waals surface area contributed by atoms with E-state index in [4.69, 9.17) is 9.16 Å². The average molecular weight is 252 g/mol. The van der Waals surface area contributed by atoms with Crippen LogP contribution in [0.15, 0.2) is 30.3 Å². The first-order valence-corrected chi connectivity index (χ1v) is 8.21. The van der Waals surface area contributed by atoms with Gasteiger partial charge in [0.2, 0.25) is 0 Å². The van der Waals surface area contributed by atoms with Crippen LogP contribution < -0.4 is 4.74 Å². The summed E-state index contributed by atoms with van der Waals surface area (Å²) in [5.74, 6) is 0.920. The van der Waals surface area contributed by atoms with Gasteiger partial charge in [0.25, 0.3) is 0 Å². The van der Waals surface area contributed by atoms with Crippen molar-refractivity contribution in [3.63, 3.8) is 0 Å². The van der Waals surface area contributed by atoms with Crippen LogP contribution in [0.2, 0.25) is 11.1 Å². The smallest absolute Gasteiger partial charge is 0.182 e. The SMILES string of the molecule is CC(C)[SiH](OCCOc1ccccc1)C(C)C. The van der Waals surface area contributed by atoms with Crippen LogP contribution in [0.4, 0.5) is 0 Å². The topological polar surface area (TPSA) is 18.5 Å². The van der Waals surface area contributed by atoms with E-state index in [0.29, 0.717) is 24.3 Å². The summed E-state index contributed by atoms with van der Waals surface area (Å²) in [7, 11) is -1.09. The predicted octanol–water partition coefficient (Wildman–Crippen LogP) is 3.63. The van der Waals surface area contributed by atoms with Gasteiger partial charge in [-0.3, -0.25) is 0 Å². The zero-order valence-electron chi connectivity index (χ0n) is 11.3. The van der Waals surface area contributed by atoms with E-state index < -0.39 is 9.04 Å². The van der Waals surface area contributed by atoms with Crippen molar-refractivity contribution in [1.29, 1.82) is 0 Å². The van der Waals surface area contributed by atoms with Crippen LogP contribution >= 0.6 is 0 Å². The molecule has 0 saturated heterocycles. The van der Waals surface area contributed by atoms with Gasteiger partial charge in [0.15, 0.2) is 9.04 Å². The van der Waals surface area contributed by atoms with E-state index in [1.54, 1.807) is 0 Å². The minimum atomic E-state index is -1.09. The Balaban J connectivity index is 2.23. The molecule has 96 valence electrons. The molecule has 0 atom stereocenters. The molecular weight excluding hydrogens is 228 g/mol. The highest BCUT2D eigenvalue weighted by molar-refractivity contribution is 6.54. The quantitative estimate of drug-likeness (QED) is 0.545. The lowest BCUT2D eigenvalue weighted by Gasteiger charge is -2.23. The fourth-order valence-corrected chi connectivity index (χ4v) is 4.69. The second-order valence-electron chi connectivity index (χ2n) is 4.98. The third kappa shape index (κ3) is 5.37. The lowest BCUT2D eigenvalue weighted by molar-refractivity contribution is 0.212. The zero-order valence-corrected chi connectivity index (χ0v) is 12.5. The Kier molecular flexibility index (Phi) is 6.30. The first-order valence-electron chi connectivity index (χ1n) is 6.40. The maximum atomic E-state index is 6.00. The minimum Gasteiger partial charge on any atom is -0.491 e. The van der Waals surface area contributed by atoms with Crippen LogP contribution in [0.1, 0.15) is 27.7 Å². The molecule has 3 heteroatoms. The Morgan fingerprint density at radius 2 is 1.53 bits per heavy atom. The Morgan fingerprint density at radius 1 is 0.941 bits per heavy atom. The molecule has 0 aliphatic carbocycles. The summed E-state index contributed by atoms with van der Waals surface area (Å²) in [6.07, 6.45) is 0. The highest BCUT2D eigenvalue weighted by Crippen LogP contribution is 2.20. The van der Waals surface area contributed by atoms with Gasteiger partial charge in [0.1, 0.15) is 12.4 Å². The largest absolute Gasteiger partial charge is 0.491 e. The number of ether oxygens (including phenoxy) is 1. The van der Waals surface area contributed by atoms with E-state index in [-0.39, 0.29) is 0 Å². The zero-order chi connectivity index (χ0) is 12.7. The van der Waals surface area contributed by atoms with Crippen molar-refractivity contribution in [2.75, 3.05) is 13.2 Å². The molecule has 0 amide bonds. The van der Waals surface area contributed by atoms with Crippen molar-refractivity contribution in [2.24, 2.45) is 0 Å². The summed E-state index contributed by atoms with van der Waals surface area (Å²) in [5.41, 5.74) is 1.37. The summed E-state index contributed by atoms with van der Waals surface area (Å²) in [5, 5.41) is 0. The molecule has 0 bridgehead atoms. The Labute approximate surface area is 107 Å². The van der Waals surface area contributed by atoms with Gasteiger partial charge in [-0.1, -0.05) is 45.9 Å². The average Bonchev–Trinajstić information content (AvgIpc) is 2.29. The second kappa shape index (κ2) is 7.51. The summed E-state index contributed by atoms with van der Waals surface area (Å²) in [6.45, 7) is 10.4. The lowest BCUT2D eigenvalue weighted by Crippen LogP contribution is -2.27. The lowest BCUT2D eigenvalue weighted by atomic mass is 10.3. The van der Waals surface area contributed by atoms with Crippen LogP contribution in [0.5, 0.6) is 5.75 Å². The van der Waals surface area contributed by atoms with Gasteiger partial charge in [0, 0.05) is 0 Å². The Bertz CT molecular complexity index is 290. The van der Waals surface area contributed by atoms with Crippen molar-refractivity contribution >= 4 is 9.04 Å². The number of hydrogen-bond donors (Lipinski definition) is 0. The van der Waals surface area contributed by atoms with Gasteiger partial charge in [0.05, 0.1) is 6.61 Å². The van der Waals surface area contributed by atoms with Gasteiger partial charge in [-0.05, 0) is 23.2 Å². The van der Waals surface area contributed by atoms with Crippen molar-refractivity contribution in [3.05, 3.63) is 30.3 Å². The highest BCUT2D eigenvalue weighted by Gasteiger charge is 2.20. The number of hydrogen-bond acceptors (Lipinski definition) is 2. The monoisotopic (exact) mass is 252 g/mol. The number of para-hydroxylation sites is 1. The van der Waals surface area contributed by atoms with E-state index in [0.717, 1.165) is 5.75 Å². The first-order chi connectivity index (χ1) is 8.11. The van der Waals surface area contributed by atoms with Crippen molar-refractivity contribution in [2.45, 2.75) is 38.8 Å². The molecule has 0 aliphatic rings. The fraction of sp³-hybridized carbons (Fsp3) is 0.571. The summed E-state index contributed by atoms with van der Waals surface area (Å²) in [6, 6.07) is 9.90. The van der Waals surface area contributed by atoms with E-state index in [9.17, 15) is 0 Å². The molecule has 0 aliphatic heterocycles. The molecule has 0 aromatic heterocycles. The molecule has 0 spiro atoms. The molecule has 1 aromatic carbocycles. The fourth-order valence-electron chi connectivity index (χ4n) is 2.02. The molecular formula is C14H24O2Si. The third-order valence-electron chi connectivity index (χ3n) is 2.72. The van der Waals surface area contributed by atoms with Gasteiger partial charge < -0.3 is 9.16 Å². The molecule has 0 unspecified atom stereocenters. The van der Waals surface area contributed by atoms with Gasteiger partial charge in [-0.2, -0.15) is 0 Å². The van der Waals surface area contributed by atoms with Crippen LogP contribution in [-0.4, -0.2) is 22.3 Å². The van der Waals surface area contributed by atoms with Crippen molar-refractivity contribution in [1.82, 2.24) is 0 Å². The molecule has 0 heterocycles. The van der Waals surface area contributed by atoms with Crippen molar-refractivity contribution < 1.29 is 9.16 Å². The molecule has 2 nitrogen and oxygen atoms in total.